The van der Waals surface area contributed by atoms with Gasteiger partial charge in [0.1, 0.15) is 17.6 Å². The maximum absolute atomic E-state index is 10.6. The maximum atomic E-state index is 10.6. The number of benzene rings is 2. The Kier molecular flexibility index (Phi) is 2.90. The zero-order chi connectivity index (χ0) is 14.3. The van der Waals surface area contributed by atoms with Crippen LogP contribution in [0.3, 0.4) is 0 Å². The number of phenols is 1. The first kappa shape index (κ1) is 12.9. The fourth-order valence-electron chi connectivity index (χ4n) is 2.42. The summed E-state index contributed by atoms with van der Waals surface area (Å²) in [6, 6.07) is 12.5. The van der Waals surface area contributed by atoms with Crippen LogP contribution in [0.2, 0.25) is 0 Å². The summed E-state index contributed by atoms with van der Waals surface area (Å²) in [7, 11) is 0. The van der Waals surface area contributed by atoms with Crippen molar-refractivity contribution in [2.24, 2.45) is 0 Å². The molecule has 1 aliphatic heterocycles. The summed E-state index contributed by atoms with van der Waals surface area (Å²) in [5.41, 5.74) is 0.390. The number of ether oxygens (including phenoxy) is 1. The van der Waals surface area contributed by atoms with Crippen LogP contribution in [0.5, 0.6) is 11.5 Å². The van der Waals surface area contributed by atoms with Crippen LogP contribution in [0.1, 0.15) is 17.2 Å². The molecule has 5 heteroatoms. The van der Waals surface area contributed by atoms with Crippen molar-refractivity contribution in [3.63, 3.8) is 0 Å². The van der Waals surface area contributed by atoms with Gasteiger partial charge in [-0.15, -0.1) is 0 Å². The highest BCUT2D eigenvalue weighted by molar-refractivity contribution is 5.43. The number of aliphatic hydroxyl groups is 3. The van der Waals surface area contributed by atoms with Crippen LogP contribution in [0.25, 0.3) is 0 Å². The number of rotatable bonds is 1. The molecule has 1 heterocycles. The van der Waals surface area contributed by atoms with E-state index in [4.69, 9.17) is 4.74 Å². The van der Waals surface area contributed by atoms with Crippen molar-refractivity contribution in [2.45, 2.75) is 18.0 Å². The number of fused-ring (bicyclic) bond motifs is 1. The summed E-state index contributed by atoms with van der Waals surface area (Å²) in [6.45, 7) is 0. The molecule has 2 aromatic rings. The number of hydrogen-bond acceptors (Lipinski definition) is 5. The van der Waals surface area contributed by atoms with Crippen molar-refractivity contribution < 1.29 is 25.2 Å². The van der Waals surface area contributed by atoms with E-state index in [-0.39, 0.29) is 17.1 Å². The average Bonchev–Trinajstić information content (AvgIpc) is 2.45. The molecule has 3 rings (SSSR count). The van der Waals surface area contributed by atoms with Gasteiger partial charge in [0.15, 0.2) is 6.10 Å². The fourth-order valence-corrected chi connectivity index (χ4v) is 2.42. The summed E-state index contributed by atoms with van der Waals surface area (Å²) in [6.07, 6.45) is -2.93. The Morgan fingerprint density at radius 1 is 0.950 bits per heavy atom. The van der Waals surface area contributed by atoms with Gasteiger partial charge < -0.3 is 25.2 Å². The van der Waals surface area contributed by atoms with Crippen molar-refractivity contribution >= 4 is 0 Å². The first-order chi connectivity index (χ1) is 9.54. The van der Waals surface area contributed by atoms with Gasteiger partial charge in [-0.3, -0.25) is 0 Å². The SMILES string of the molecule is Oc1ccccc1C1(O)Oc2ccccc2C(O)C1O. The van der Waals surface area contributed by atoms with Crippen LogP contribution < -0.4 is 4.74 Å². The molecule has 0 fully saturated rings. The predicted octanol–water partition coefficient (Wildman–Crippen LogP) is 1.02. The summed E-state index contributed by atoms with van der Waals surface area (Å²) in [5.74, 6) is -2.17. The molecule has 104 valence electrons. The summed E-state index contributed by atoms with van der Waals surface area (Å²) in [4.78, 5) is 0. The monoisotopic (exact) mass is 274 g/mol. The predicted molar refractivity (Wildman–Crippen MR) is 70.0 cm³/mol. The van der Waals surface area contributed by atoms with Gasteiger partial charge in [-0.1, -0.05) is 30.3 Å². The Labute approximate surface area is 115 Å². The first-order valence-corrected chi connectivity index (χ1v) is 6.19. The lowest BCUT2D eigenvalue weighted by atomic mass is 9.89. The van der Waals surface area contributed by atoms with E-state index in [1.807, 2.05) is 0 Å². The van der Waals surface area contributed by atoms with Crippen molar-refractivity contribution in [1.82, 2.24) is 0 Å². The van der Waals surface area contributed by atoms with Crippen molar-refractivity contribution in [2.75, 3.05) is 0 Å². The van der Waals surface area contributed by atoms with Crippen LogP contribution in [0.15, 0.2) is 48.5 Å². The molecule has 1 aliphatic rings. The van der Waals surface area contributed by atoms with Crippen molar-refractivity contribution in [1.29, 1.82) is 0 Å². The average molecular weight is 274 g/mol. The quantitative estimate of drug-likeness (QED) is 0.623. The van der Waals surface area contributed by atoms with Gasteiger partial charge in [0, 0.05) is 5.56 Å². The van der Waals surface area contributed by atoms with Gasteiger partial charge in [-0.05, 0) is 18.2 Å². The highest BCUT2D eigenvalue weighted by Gasteiger charge is 2.50. The molecule has 0 bridgehead atoms. The fraction of sp³-hybridized carbons (Fsp3) is 0.200. The largest absolute Gasteiger partial charge is 0.507 e. The van der Waals surface area contributed by atoms with Crippen LogP contribution in [0.4, 0.5) is 0 Å². The second-order valence-electron chi connectivity index (χ2n) is 4.74. The van der Waals surface area contributed by atoms with E-state index >= 15 is 0 Å². The van der Waals surface area contributed by atoms with Gasteiger partial charge in [0.25, 0.3) is 5.79 Å². The Bertz CT molecular complexity index is 642. The molecule has 0 saturated carbocycles. The van der Waals surface area contributed by atoms with Crippen LogP contribution in [-0.4, -0.2) is 26.5 Å². The van der Waals surface area contributed by atoms with E-state index in [1.165, 1.54) is 12.1 Å². The maximum Gasteiger partial charge on any atom is 0.267 e. The number of aromatic hydroxyl groups is 1. The standard InChI is InChI=1S/C15H14O5/c16-11-7-3-2-6-10(11)15(19)14(18)13(17)9-5-1-4-8-12(9)20-15/h1-8,13-14,16-19H. The second kappa shape index (κ2) is 4.49. The van der Waals surface area contributed by atoms with E-state index in [9.17, 15) is 20.4 Å². The van der Waals surface area contributed by atoms with E-state index in [0.717, 1.165) is 0 Å². The third kappa shape index (κ3) is 1.76. The molecular formula is C15H14O5. The topological polar surface area (TPSA) is 90.2 Å². The number of aliphatic hydroxyl groups excluding tert-OH is 2. The first-order valence-electron chi connectivity index (χ1n) is 6.19. The lowest BCUT2D eigenvalue weighted by Gasteiger charge is -2.40. The molecule has 3 atom stereocenters. The molecule has 0 aliphatic carbocycles. The molecule has 4 N–H and O–H groups in total. The van der Waals surface area contributed by atoms with Crippen LogP contribution in [0, 0.1) is 0 Å². The molecule has 0 saturated heterocycles. The van der Waals surface area contributed by atoms with Crippen molar-refractivity contribution in [3.05, 3.63) is 59.7 Å². The molecule has 2 aromatic carbocycles. The summed E-state index contributed by atoms with van der Waals surface area (Å²) < 4.78 is 5.45. The molecule has 3 unspecified atom stereocenters. The Balaban J connectivity index is 2.14. The third-order valence-electron chi connectivity index (χ3n) is 3.49. The lowest BCUT2D eigenvalue weighted by molar-refractivity contribution is -0.252. The minimum absolute atomic E-state index is 0.000975. The van der Waals surface area contributed by atoms with E-state index in [0.29, 0.717) is 5.56 Å². The number of phenolic OH excluding ortho intramolecular Hbond substituents is 1. The molecule has 0 radical (unpaired) electrons. The third-order valence-corrected chi connectivity index (χ3v) is 3.49. The van der Waals surface area contributed by atoms with Gasteiger partial charge in [-0.25, -0.2) is 0 Å². The molecular weight excluding hydrogens is 260 g/mol. The molecule has 0 aromatic heterocycles. The highest BCUT2D eigenvalue weighted by atomic mass is 16.6. The van der Waals surface area contributed by atoms with Gasteiger partial charge >= 0.3 is 0 Å². The van der Waals surface area contributed by atoms with Gasteiger partial charge in [0.2, 0.25) is 0 Å². The number of para-hydroxylation sites is 2. The van der Waals surface area contributed by atoms with Gasteiger partial charge in [0.05, 0.1) is 5.56 Å². The van der Waals surface area contributed by atoms with Crippen LogP contribution >= 0.6 is 0 Å². The van der Waals surface area contributed by atoms with E-state index in [2.05, 4.69) is 0 Å². The van der Waals surface area contributed by atoms with E-state index < -0.39 is 18.0 Å². The minimum atomic E-state index is -2.21. The second-order valence-corrected chi connectivity index (χ2v) is 4.74. The minimum Gasteiger partial charge on any atom is -0.507 e. The Morgan fingerprint density at radius 2 is 1.60 bits per heavy atom. The smallest absolute Gasteiger partial charge is 0.267 e. The zero-order valence-corrected chi connectivity index (χ0v) is 10.5. The van der Waals surface area contributed by atoms with Crippen molar-refractivity contribution in [3.8, 4) is 11.5 Å². The molecule has 20 heavy (non-hydrogen) atoms. The van der Waals surface area contributed by atoms with E-state index in [1.54, 1.807) is 36.4 Å². The lowest BCUT2D eigenvalue weighted by Crippen LogP contribution is -2.50. The number of hydrogen-bond donors (Lipinski definition) is 4. The summed E-state index contributed by atoms with van der Waals surface area (Å²) in [5, 5.41) is 40.8. The highest BCUT2D eigenvalue weighted by Crippen LogP contribution is 2.45. The zero-order valence-electron chi connectivity index (χ0n) is 10.5. The van der Waals surface area contributed by atoms with Crippen LogP contribution in [-0.2, 0) is 5.79 Å². The Morgan fingerprint density at radius 3 is 2.35 bits per heavy atom. The Hall–Kier alpha value is -2.08. The molecule has 0 amide bonds. The normalized spacial score (nSPS) is 28.6. The molecule has 0 spiro atoms. The summed E-state index contributed by atoms with van der Waals surface area (Å²) >= 11 is 0. The molecule has 5 nitrogen and oxygen atoms in total. The van der Waals surface area contributed by atoms with Gasteiger partial charge in [-0.2, -0.15) is 0 Å².